The number of aromatic nitrogens is 3. The van der Waals surface area contributed by atoms with Crippen LogP contribution in [-0.2, 0) is 19.6 Å². The molecule has 0 unspecified atom stereocenters. The van der Waals surface area contributed by atoms with E-state index in [0.29, 0.717) is 28.8 Å². The zero-order valence-electron chi connectivity index (χ0n) is 16.8. The van der Waals surface area contributed by atoms with Gasteiger partial charge in [-0.1, -0.05) is 15.9 Å². The number of hydrogen-bond acceptors (Lipinski definition) is 5. The summed E-state index contributed by atoms with van der Waals surface area (Å²) in [5.74, 6) is 0.667. The molecule has 0 saturated heterocycles. The van der Waals surface area contributed by atoms with Crippen molar-refractivity contribution >= 4 is 26.9 Å². The molecule has 0 saturated carbocycles. The summed E-state index contributed by atoms with van der Waals surface area (Å²) in [6.07, 6.45) is 10.1. The average molecular weight is 467 g/mol. The van der Waals surface area contributed by atoms with E-state index in [-0.39, 0.29) is 5.43 Å². The van der Waals surface area contributed by atoms with E-state index in [1.54, 1.807) is 18.6 Å². The average Bonchev–Trinajstić information content (AvgIpc) is 3.25. The number of aryl methyl sites for hydroxylation is 2. The van der Waals surface area contributed by atoms with Gasteiger partial charge in [-0.3, -0.25) is 14.7 Å². The van der Waals surface area contributed by atoms with Crippen molar-refractivity contribution in [1.82, 2.24) is 19.4 Å². The van der Waals surface area contributed by atoms with Crippen LogP contribution >= 0.6 is 15.9 Å². The predicted octanol–water partition coefficient (Wildman–Crippen LogP) is 4.55. The molecule has 7 heteroatoms. The molecule has 0 spiro atoms. The van der Waals surface area contributed by atoms with Gasteiger partial charge in [-0.05, 0) is 49.2 Å². The van der Waals surface area contributed by atoms with Crippen LogP contribution in [0.1, 0.15) is 23.3 Å². The second-order valence-electron chi connectivity index (χ2n) is 7.33. The standard InChI is InChI=1S/C23H23BrN4O2/c1-17-21(23(29)20-4-3-19(24)13-22(20)30-17)15-28(14-18-5-7-25-8-6-18)11-2-10-27-12-9-26-16-27/h3-9,12-13,16H,2,10-11,14-15H2,1H3. The van der Waals surface area contributed by atoms with Crippen LogP contribution in [0.5, 0.6) is 0 Å². The van der Waals surface area contributed by atoms with Crippen LogP contribution < -0.4 is 5.43 Å². The van der Waals surface area contributed by atoms with Gasteiger partial charge >= 0.3 is 0 Å². The van der Waals surface area contributed by atoms with E-state index in [4.69, 9.17) is 4.42 Å². The first kappa shape index (κ1) is 20.5. The van der Waals surface area contributed by atoms with E-state index in [1.165, 1.54) is 5.56 Å². The van der Waals surface area contributed by atoms with Gasteiger partial charge in [0.2, 0.25) is 0 Å². The van der Waals surface area contributed by atoms with Crippen LogP contribution in [0, 0.1) is 6.92 Å². The molecule has 3 heterocycles. The number of imidazole rings is 1. The van der Waals surface area contributed by atoms with Crippen molar-refractivity contribution in [3.05, 3.63) is 93.0 Å². The summed E-state index contributed by atoms with van der Waals surface area (Å²) < 4.78 is 8.95. The lowest BCUT2D eigenvalue weighted by molar-refractivity contribution is 0.245. The van der Waals surface area contributed by atoms with Crippen LogP contribution in [0.2, 0.25) is 0 Å². The van der Waals surface area contributed by atoms with Gasteiger partial charge in [0, 0.05) is 55.4 Å². The molecule has 0 aliphatic rings. The number of nitrogens with zero attached hydrogens (tertiary/aromatic N) is 4. The molecule has 0 aliphatic carbocycles. The Morgan fingerprint density at radius 3 is 2.70 bits per heavy atom. The molecule has 0 N–H and O–H groups in total. The Labute approximate surface area is 183 Å². The van der Waals surface area contributed by atoms with Crippen molar-refractivity contribution in [2.45, 2.75) is 33.0 Å². The van der Waals surface area contributed by atoms with E-state index >= 15 is 0 Å². The van der Waals surface area contributed by atoms with E-state index in [2.05, 4.69) is 35.4 Å². The van der Waals surface area contributed by atoms with E-state index in [1.807, 2.05) is 49.8 Å². The summed E-state index contributed by atoms with van der Waals surface area (Å²) in [7, 11) is 0. The van der Waals surface area contributed by atoms with Crippen LogP contribution in [0.4, 0.5) is 0 Å². The fourth-order valence-corrected chi connectivity index (χ4v) is 3.92. The van der Waals surface area contributed by atoms with Crippen molar-refractivity contribution in [2.24, 2.45) is 0 Å². The zero-order valence-corrected chi connectivity index (χ0v) is 18.4. The molecular formula is C23H23BrN4O2. The summed E-state index contributed by atoms with van der Waals surface area (Å²) in [5.41, 5.74) is 2.52. The van der Waals surface area contributed by atoms with Crippen LogP contribution in [0.15, 0.2) is 75.1 Å². The maximum absolute atomic E-state index is 13.2. The maximum atomic E-state index is 13.2. The Kier molecular flexibility index (Phi) is 6.40. The van der Waals surface area contributed by atoms with Crippen molar-refractivity contribution in [1.29, 1.82) is 0 Å². The molecule has 4 rings (SSSR count). The van der Waals surface area contributed by atoms with Crippen molar-refractivity contribution in [3.8, 4) is 0 Å². The molecule has 0 fully saturated rings. The third-order valence-corrected chi connectivity index (χ3v) is 5.63. The van der Waals surface area contributed by atoms with Crippen molar-refractivity contribution in [3.63, 3.8) is 0 Å². The van der Waals surface area contributed by atoms with Gasteiger partial charge in [0.1, 0.15) is 11.3 Å². The molecule has 4 aromatic rings. The number of pyridine rings is 1. The lowest BCUT2D eigenvalue weighted by Gasteiger charge is -2.23. The quantitative estimate of drug-likeness (QED) is 0.381. The second-order valence-corrected chi connectivity index (χ2v) is 8.24. The van der Waals surface area contributed by atoms with Gasteiger partial charge in [-0.15, -0.1) is 0 Å². The smallest absolute Gasteiger partial charge is 0.197 e. The summed E-state index contributed by atoms with van der Waals surface area (Å²) >= 11 is 3.44. The van der Waals surface area contributed by atoms with Crippen LogP contribution in [0.3, 0.4) is 0 Å². The Morgan fingerprint density at radius 1 is 1.10 bits per heavy atom. The van der Waals surface area contributed by atoms with Gasteiger partial charge in [-0.25, -0.2) is 4.98 Å². The molecular weight excluding hydrogens is 444 g/mol. The SMILES string of the molecule is Cc1oc2cc(Br)ccc2c(=O)c1CN(CCCn1ccnc1)Cc1ccncc1. The molecule has 0 amide bonds. The third-order valence-electron chi connectivity index (χ3n) is 5.14. The highest BCUT2D eigenvalue weighted by atomic mass is 79.9. The number of halogens is 1. The van der Waals surface area contributed by atoms with Gasteiger partial charge < -0.3 is 8.98 Å². The van der Waals surface area contributed by atoms with E-state index in [9.17, 15) is 4.79 Å². The molecule has 6 nitrogen and oxygen atoms in total. The highest BCUT2D eigenvalue weighted by Gasteiger charge is 2.16. The number of rotatable bonds is 8. The van der Waals surface area contributed by atoms with Crippen molar-refractivity contribution < 1.29 is 4.42 Å². The minimum absolute atomic E-state index is 0.0376. The van der Waals surface area contributed by atoms with Crippen LogP contribution in [0.25, 0.3) is 11.0 Å². The number of benzene rings is 1. The number of hydrogen-bond donors (Lipinski definition) is 0. The van der Waals surface area contributed by atoms with Gasteiger partial charge in [0.15, 0.2) is 5.43 Å². The largest absolute Gasteiger partial charge is 0.461 e. The summed E-state index contributed by atoms with van der Waals surface area (Å²) in [6, 6.07) is 9.55. The summed E-state index contributed by atoms with van der Waals surface area (Å²) in [6.45, 7) is 4.87. The maximum Gasteiger partial charge on any atom is 0.197 e. The molecule has 0 radical (unpaired) electrons. The molecule has 154 valence electrons. The molecule has 0 bridgehead atoms. The normalized spacial score (nSPS) is 11.4. The monoisotopic (exact) mass is 466 g/mol. The Morgan fingerprint density at radius 2 is 1.93 bits per heavy atom. The zero-order chi connectivity index (χ0) is 20.9. The predicted molar refractivity (Wildman–Crippen MR) is 120 cm³/mol. The van der Waals surface area contributed by atoms with Crippen LogP contribution in [-0.4, -0.2) is 26.0 Å². The first-order chi connectivity index (χ1) is 14.6. The van der Waals surface area contributed by atoms with Gasteiger partial charge in [-0.2, -0.15) is 0 Å². The minimum atomic E-state index is 0.0376. The topological polar surface area (TPSA) is 64.2 Å². The summed E-state index contributed by atoms with van der Waals surface area (Å²) in [5, 5.41) is 0.612. The van der Waals surface area contributed by atoms with E-state index < -0.39 is 0 Å². The highest BCUT2D eigenvalue weighted by molar-refractivity contribution is 9.10. The number of fused-ring (bicyclic) bond motifs is 1. The Balaban J connectivity index is 1.58. The first-order valence-corrected chi connectivity index (χ1v) is 10.7. The Hall–Kier alpha value is -2.77. The summed E-state index contributed by atoms with van der Waals surface area (Å²) in [4.78, 5) is 23.7. The minimum Gasteiger partial charge on any atom is -0.461 e. The van der Waals surface area contributed by atoms with E-state index in [0.717, 1.165) is 30.5 Å². The first-order valence-electron chi connectivity index (χ1n) is 9.89. The molecule has 0 atom stereocenters. The fraction of sp³-hybridized carbons (Fsp3) is 0.261. The third kappa shape index (κ3) is 4.86. The van der Waals surface area contributed by atoms with Gasteiger partial charge in [0.05, 0.1) is 17.3 Å². The van der Waals surface area contributed by atoms with Gasteiger partial charge in [0.25, 0.3) is 0 Å². The lowest BCUT2D eigenvalue weighted by atomic mass is 10.1. The molecule has 3 aromatic heterocycles. The molecule has 1 aromatic carbocycles. The van der Waals surface area contributed by atoms with Crippen molar-refractivity contribution in [2.75, 3.05) is 6.54 Å². The molecule has 0 aliphatic heterocycles. The second kappa shape index (κ2) is 9.36. The molecule has 30 heavy (non-hydrogen) atoms. The Bertz CT molecular complexity index is 1170. The fourth-order valence-electron chi connectivity index (χ4n) is 3.58. The highest BCUT2D eigenvalue weighted by Crippen LogP contribution is 2.21. The lowest BCUT2D eigenvalue weighted by Crippen LogP contribution is -2.28.